The summed E-state index contributed by atoms with van der Waals surface area (Å²) in [6.07, 6.45) is -4.45. The first-order valence-electron chi connectivity index (χ1n) is 12.3. The van der Waals surface area contributed by atoms with Crippen LogP contribution in [0.5, 0.6) is 11.5 Å². The summed E-state index contributed by atoms with van der Waals surface area (Å²) >= 11 is 0. The lowest BCUT2D eigenvalue weighted by atomic mass is 10.0. The van der Waals surface area contributed by atoms with Gasteiger partial charge in [-0.2, -0.15) is 0 Å². The molecule has 1 aromatic rings. The Morgan fingerprint density at radius 1 is 0.789 bits per heavy atom. The van der Waals surface area contributed by atoms with Crippen molar-refractivity contribution in [2.45, 2.75) is 79.2 Å². The van der Waals surface area contributed by atoms with Gasteiger partial charge in [-0.3, -0.25) is 4.79 Å². The van der Waals surface area contributed by atoms with Crippen molar-refractivity contribution in [2.24, 2.45) is 11.8 Å². The minimum absolute atomic E-state index is 0.0325. The van der Waals surface area contributed by atoms with E-state index < -0.39 is 48.8 Å². The molecule has 0 bridgehead atoms. The lowest BCUT2D eigenvalue weighted by molar-refractivity contribution is -0.139. The molecule has 0 saturated heterocycles. The van der Waals surface area contributed by atoms with Crippen molar-refractivity contribution in [2.75, 3.05) is 13.7 Å². The summed E-state index contributed by atoms with van der Waals surface area (Å²) in [5, 5.41) is 12.5. The van der Waals surface area contributed by atoms with Gasteiger partial charge in [-0.05, 0) is 56.7 Å². The fraction of sp³-hybridized carbons (Fsp3) is 0.615. The second kappa shape index (κ2) is 15.7. The summed E-state index contributed by atoms with van der Waals surface area (Å²) in [4.78, 5) is 47.7. The van der Waals surface area contributed by atoms with E-state index in [0.29, 0.717) is 5.56 Å². The van der Waals surface area contributed by atoms with Gasteiger partial charge in [-0.1, -0.05) is 33.8 Å². The van der Waals surface area contributed by atoms with Crippen LogP contribution in [0.3, 0.4) is 0 Å². The lowest BCUT2D eigenvalue weighted by Gasteiger charge is -2.20. The quantitative estimate of drug-likeness (QED) is 0.204. The van der Waals surface area contributed by atoms with Gasteiger partial charge < -0.3 is 38.8 Å². The van der Waals surface area contributed by atoms with Crippen molar-refractivity contribution in [3.63, 3.8) is 0 Å². The van der Waals surface area contributed by atoms with E-state index in [-0.39, 0.29) is 36.3 Å². The normalized spacial score (nSPS) is 14.2. The van der Waals surface area contributed by atoms with Crippen molar-refractivity contribution in [3.05, 3.63) is 23.8 Å². The second-order valence-corrected chi connectivity index (χ2v) is 9.50. The number of ether oxygens (including phenoxy) is 6. The first-order valence-corrected chi connectivity index (χ1v) is 12.3. The van der Waals surface area contributed by atoms with Crippen molar-refractivity contribution in [1.82, 2.24) is 5.32 Å². The Hall–Kier alpha value is -3.54. The highest BCUT2D eigenvalue weighted by atomic mass is 16.8. The van der Waals surface area contributed by atoms with Crippen LogP contribution in [-0.2, 0) is 30.2 Å². The molecule has 0 fully saturated rings. The van der Waals surface area contributed by atoms with Crippen LogP contribution in [0.4, 0.5) is 14.4 Å². The Morgan fingerprint density at radius 3 is 1.79 bits per heavy atom. The maximum Gasteiger partial charge on any atom is 0.514 e. The molecule has 1 aromatic carbocycles. The molecule has 3 unspecified atom stereocenters. The molecule has 12 nitrogen and oxygen atoms in total. The molecule has 0 spiro atoms. The standard InChI is InChI=1S/C26H39NO11/c1-14(2)17(6)35-25(31)37-21-10-9-19(12-22(21)38-26(32)36-18(7)15(3)4)11-20(23(28)29)27-13-16(5)34-24(30)33-8/h9-10,12,14-18,20,27H,11,13H2,1-8H3,(H,28,29)/t16?,17?,18?,20-/m0/s1. The number of carboxylic acid groups (broad SMARTS) is 1. The first-order chi connectivity index (χ1) is 17.7. The van der Waals surface area contributed by atoms with Crippen LogP contribution in [0.25, 0.3) is 0 Å². The molecule has 12 heteroatoms. The summed E-state index contributed by atoms with van der Waals surface area (Å²) < 4.78 is 30.4. The Labute approximate surface area is 222 Å². The molecule has 0 radical (unpaired) electrons. The second-order valence-electron chi connectivity index (χ2n) is 9.50. The number of carboxylic acids is 1. The van der Waals surface area contributed by atoms with E-state index in [1.165, 1.54) is 25.3 Å². The number of benzene rings is 1. The number of carbonyl (C=O) groups excluding carboxylic acids is 3. The summed E-state index contributed by atoms with van der Waals surface area (Å²) in [7, 11) is 1.17. The average Bonchev–Trinajstić information content (AvgIpc) is 2.82. The van der Waals surface area contributed by atoms with Crippen LogP contribution < -0.4 is 14.8 Å². The van der Waals surface area contributed by atoms with E-state index in [4.69, 9.17) is 23.7 Å². The predicted octanol–water partition coefficient (Wildman–Crippen LogP) is 4.56. The van der Waals surface area contributed by atoms with Crippen molar-refractivity contribution >= 4 is 24.4 Å². The van der Waals surface area contributed by atoms with Gasteiger partial charge in [0.05, 0.1) is 7.11 Å². The molecule has 0 aromatic heterocycles. The molecule has 0 aliphatic rings. The maximum absolute atomic E-state index is 12.4. The third-order valence-corrected chi connectivity index (χ3v) is 5.69. The van der Waals surface area contributed by atoms with E-state index in [0.717, 1.165) is 0 Å². The number of hydrogen-bond donors (Lipinski definition) is 2. The van der Waals surface area contributed by atoms with Crippen LogP contribution in [0.15, 0.2) is 18.2 Å². The molecule has 0 aliphatic heterocycles. The van der Waals surface area contributed by atoms with Gasteiger partial charge in [0.2, 0.25) is 0 Å². The molecule has 214 valence electrons. The minimum Gasteiger partial charge on any atom is -0.480 e. The number of carbonyl (C=O) groups is 4. The van der Waals surface area contributed by atoms with Crippen LogP contribution in [0, 0.1) is 11.8 Å². The third-order valence-electron chi connectivity index (χ3n) is 5.69. The third kappa shape index (κ3) is 11.7. The fourth-order valence-electron chi connectivity index (χ4n) is 2.69. The van der Waals surface area contributed by atoms with Crippen LogP contribution in [0.1, 0.15) is 54.0 Å². The number of methoxy groups -OCH3 is 1. The molecule has 0 aliphatic carbocycles. The predicted molar refractivity (Wildman–Crippen MR) is 135 cm³/mol. The lowest BCUT2D eigenvalue weighted by Crippen LogP contribution is -2.42. The summed E-state index contributed by atoms with van der Waals surface area (Å²) in [6, 6.07) is 3.19. The van der Waals surface area contributed by atoms with E-state index in [9.17, 15) is 24.3 Å². The molecule has 1 rings (SSSR count). The number of nitrogens with one attached hydrogen (secondary N) is 1. The highest BCUT2D eigenvalue weighted by Crippen LogP contribution is 2.30. The van der Waals surface area contributed by atoms with Gasteiger partial charge in [-0.25, -0.2) is 14.4 Å². The van der Waals surface area contributed by atoms with Gasteiger partial charge in [0.1, 0.15) is 24.4 Å². The SMILES string of the molecule is COC(=O)OC(C)CN[C@@H](Cc1ccc(OC(=O)OC(C)C(C)C)c(OC(=O)OC(C)C(C)C)c1)C(=O)O. The summed E-state index contributed by atoms with van der Waals surface area (Å²) in [5.74, 6) is -1.33. The van der Waals surface area contributed by atoms with Crippen molar-refractivity contribution in [1.29, 1.82) is 0 Å². The van der Waals surface area contributed by atoms with E-state index >= 15 is 0 Å². The molecular formula is C26H39NO11. The van der Waals surface area contributed by atoms with Crippen molar-refractivity contribution < 1.29 is 52.7 Å². The van der Waals surface area contributed by atoms with E-state index in [1.54, 1.807) is 20.8 Å². The molecular weight excluding hydrogens is 502 g/mol. The van der Waals surface area contributed by atoms with Crippen LogP contribution >= 0.6 is 0 Å². The minimum atomic E-state index is -1.16. The molecule has 38 heavy (non-hydrogen) atoms. The number of aliphatic carboxylic acids is 1. The highest BCUT2D eigenvalue weighted by Gasteiger charge is 2.24. The zero-order valence-corrected chi connectivity index (χ0v) is 23.1. The fourth-order valence-corrected chi connectivity index (χ4v) is 2.69. The zero-order chi connectivity index (χ0) is 29.0. The first kappa shape index (κ1) is 32.5. The van der Waals surface area contributed by atoms with Gasteiger partial charge in [0, 0.05) is 6.54 Å². The Morgan fingerprint density at radius 2 is 1.32 bits per heavy atom. The topological polar surface area (TPSA) is 156 Å². The molecule has 4 atom stereocenters. The summed E-state index contributed by atoms with van der Waals surface area (Å²) in [5.41, 5.74) is 0.447. The smallest absolute Gasteiger partial charge is 0.480 e. The zero-order valence-electron chi connectivity index (χ0n) is 23.1. The van der Waals surface area contributed by atoms with E-state index in [1.807, 2.05) is 27.7 Å². The number of rotatable bonds is 13. The summed E-state index contributed by atoms with van der Waals surface area (Å²) in [6.45, 7) is 12.5. The van der Waals surface area contributed by atoms with Crippen LogP contribution in [-0.4, -0.2) is 67.6 Å². The maximum atomic E-state index is 12.4. The Kier molecular flexibility index (Phi) is 13.4. The van der Waals surface area contributed by atoms with Crippen molar-refractivity contribution in [3.8, 4) is 11.5 Å². The van der Waals surface area contributed by atoms with Gasteiger partial charge >= 0.3 is 24.4 Å². The molecule has 0 amide bonds. The Balaban J connectivity index is 3.10. The monoisotopic (exact) mass is 541 g/mol. The Bertz CT molecular complexity index is 947. The van der Waals surface area contributed by atoms with Crippen LogP contribution in [0.2, 0.25) is 0 Å². The molecule has 2 N–H and O–H groups in total. The van der Waals surface area contributed by atoms with Gasteiger partial charge in [0.25, 0.3) is 0 Å². The average molecular weight is 542 g/mol. The van der Waals surface area contributed by atoms with Gasteiger partial charge in [0.15, 0.2) is 11.5 Å². The largest absolute Gasteiger partial charge is 0.514 e. The molecule has 0 saturated carbocycles. The van der Waals surface area contributed by atoms with E-state index in [2.05, 4.69) is 10.1 Å². The van der Waals surface area contributed by atoms with Gasteiger partial charge in [-0.15, -0.1) is 0 Å². The molecule has 0 heterocycles. The number of hydrogen-bond acceptors (Lipinski definition) is 11. The highest BCUT2D eigenvalue weighted by molar-refractivity contribution is 5.74.